The van der Waals surface area contributed by atoms with Crippen LogP contribution in [0.2, 0.25) is 5.02 Å². The summed E-state index contributed by atoms with van der Waals surface area (Å²) in [6.45, 7) is 9.72. The third-order valence-electron chi connectivity index (χ3n) is 5.63. The minimum absolute atomic E-state index is 0.0775. The van der Waals surface area contributed by atoms with Gasteiger partial charge in [0, 0.05) is 5.56 Å². The van der Waals surface area contributed by atoms with E-state index in [0.29, 0.717) is 11.3 Å². The number of nitrogens with zero attached hydrogens (tertiary/aromatic N) is 1. The number of anilines is 1. The summed E-state index contributed by atoms with van der Waals surface area (Å²) < 4.78 is 4.87. The van der Waals surface area contributed by atoms with E-state index in [1.807, 2.05) is 0 Å². The number of hydrogen-bond donors (Lipinski definition) is 4. The highest BCUT2D eigenvalue weighted by molar-refractivity contribution is 6.33. The van der Waals surface area contributed by atoms with Crippen LogP contribution in [0.25, 0.3) is 0 Å². The van der Waals surface area contributed by atoms with Crippen molar-refractivity contribution in [2.24, 2.45) is 5.41 Å². The smallest absolute Gasteiger partial charge is 0.327 e. The third-order valence-corrected chi connectivity index (χ3v) is 5.95. The van der Waals surface area contributed by atoms with Crippen molar-refractivity contribution in [3.05, 3.63) is 77.3 Å². The molecule has 40 heavy (non-hydrogen) atoms. The topological polar surface area (TPSA) is 160 Å². The highest BCUT2D eigenvalue weighted by Gasteiger charge is 2.36. The van der Waals surface area contributed by atoms with Gasteiger partial charge < -0.3 is 21.1 Å². The lowest BCUT2D eigenvalue weighted by atomic mass is 9.85. The first-order valence-electron chi connectivity index (χ1n) is 12.4. The molecule has 0 radical (unpaired) electrons. The van der Waals surface area contributed by atoms with Crippen molar-refractivity contribution < 1.29 is 28.7 Å². The van der Waals surface area contributed by atoms with E-state index in [4.69, 9.17) is 22.1 Å². The first-order chi connectivity index (χ1) is 18.8. The summed E-state index contributed by atoms with van der Waals surface area (Å²) in [6.07, 6.45) is 0.921. The number of esters is 1. The van der Waals surface area contributed by atoms with E-state index < -0.39 is 53.6 Å². The fraction of sp³-hybridized carbons (Fsp3) is 0.321. The number of amides is 4. The van der Waals surface area contributed by atoms with Crippen molar-refractivity contribution in [1.82, 2.24) is 21.1 Å². The van der Waals surface area contributed by atoms with Crippen LogP contribution in [0.5, 0.6) is 0 Å². The van der Waals surface area contributed by atoms with E-state index in [0.717, 1.165) is 11.1 Å². The van der Waals surface area contributed by atoms with Crippen molar-refractivity contribution in [2.45, 2.75) is 39.8 Å². The molecule has 0 unspecified atom stereocenters. The fourth-order valence-corrected chi connectivity index (χ4v) is 3.73. The lowest BCUT2D eigenvalue weighted by Crippen LogP contribution is -2.57. The Bertz CT molecular complexity index is 1260. The summed E-state index contributed by atoms with van der Waals surface area (Å²) in [5, 5.41) is 6.29. The molecule has 12 heteroatoms. The van der Waals surface area contributed by atoms with Gasteiger partial charge >= 0.3 is 5.97 Å². The van der Waals surface area contributed by atoms with Crippen LogP contribution in [-0.2, 0) is 23.9 Å². The number of benzene rings is 2. The molecule has 0 saturated heterocycles. The Balaban J connectivity index is 2.35. The second-order valence-corrected chi connectivity index (χ2v) is 10.2. The number of rotatable bonds is 10. The summed E-state index contributed by atoms with van der Waals surface area (Å²) in [7, 11) is 0. The fourth-order valence-electron chi connectivity index (χ4n) is 3.55. The molecule has 0 aliphatic carbocycles. The maximum atomic E-state index is 13.6. The van der Waals surface area contributed by atoms with Gasteiger partial charge in [0.05, 0.1) is 17.3 Å². The minimum Gasteiger partial charge on any atom is -0.465 e. The van der Waals surface area contributed by atoms with Gasteiger partial charge in [-0.1, -0.05) is 69.3 Å². The van der Waals surface area contributed by atoms with E-state index in [1.54, 1.807) is 58.0 Å². The van der Waals surface area contributed by atoms with Crippen LogP contribution in [0.15, 0.2) is 61.2 Å². The highest BCUT2D eigenvalue weighted by Crippen LogP contribution is 2.24. The summed E-state index contributed by atoms with van der Waals surface area (Å²) in [4.78, 5) is 64.3. The number of nitrogen functional groups attached to an aromatic ring is 1. The zero-order valence-electron chi connectivity index (χ0n) is 22.8. The summed E-state index contributed by atoms with van der Waals surface area (Å²) in [6, 6.07) is 10.2. The number of carbonyl (C=O) groups excluding carboxylic acids is 5. The zero-order chi connectivity index (χ0) is 30.0. The third kappa shape index (κ3) is 8.84. The standard InChI is InChI=1S/C28H34ClN5O6/c1-6-21(35)34(16-22(36)40-7-2)33-26(38)23(17-11-9-8-10-12-17)31-27(39)24(28(3,4)5)32-25(37)18-13-14-20(30)19(29)15-18/h6,8-15,23-24H,1,7,16,30H2,2-5H3,(H,31,39)(H,32,37)(H,33,38)/t23-,24-/m1/s1. The molecule has 0 saturated carbocycles. The molecule has 0 spiro atoms. The first kappa shape index (κ1) is 31.8. The maximum absolute atomic E-state index is 13.6. The maximum Gasteiger partial charge on any atom is 0.327 e. The molecule has 0 aliphatic heterocycles. The average Bonchev–Trinajstić information content (AvgIpc) is 2.90. The average molecular weight is 572 g/mol. The van der Waals surface area contributed by atoms with Gasteiger partial charge in [0.2, 0.25) is 5.91 Å². The molecular weight excluding hydrogens is 538 g/mol. The van der Waals surface area contributed by atoms with Crippen LogP contribution in [0, 0.1) is 5.41 Å². The predicted molar refractivity (Wildman–Crippen MR) is 151 cm³/mol. The van der Waals surface area contributed by atoms with Crippen LogP contribution in [-0.4, -0.2) is 53.8 Å². The molecule has 2 rings (SSSR count). The monoisotopic (exact) mass is 571 g/mol. The van der Waals surface area contributed by atoms with Crippen LogP contribution in [0.3, 0.4) is 0 Å². The van der Waals surface area contributed by atoms with Crippen LogP contribution in [0.1, 0.15) is 49.7 Å². The van der Waals surface area contributed by atoms with Gasteiger partial charge in [0.1, 0.15) is 18.6 Å². The van der Waals surface area contributed by atoms with Gasteiger partial charge in [-0.3, -0.25) is 29.4 Å². The van der Waals surface area contributed by atoms with Gasteiger partial charge in [-0.05, 0) is 42.2 Å². The van der Waals surface area contributed by atoms with Crippen molar-refractivity contribution in [1.29, 1.82) is 0 Å². The number of nitrogens with two attached hydrogens (primary N) is 1. The molecule has 0 aliphatic rings. The van der Waals surface area contributed by atoms with Gasteiger partial charge in [-0.15, -0.1) is 0 Å². The normalized spacial score (nSPS) is 12.3. The number of hydrogen-bond acceptors (Lipinski definition) is 7. The van der Waals surface area contributed by atoms with E-state index >= 15 is 0 Å². The molecule has 0 aromatic heterocycles. The molecule has 0 bridgehead atoms. The summed E-state index contributed by atoms with van der Waals surface area (Å²) >= 11 is 6.05. The summed E-state index contributed by atoms with van der Waals surface area (Å²) in [5.74, 6) is -3.57. The molecule has 0 heterocycles. The molecule has 0 fully saturated rings. The minimum atomic E-state index is -1.30. The lowest BCUT2D eigenvalue weighted by Gasteiger charge is -2.32. The Morgan fingerprint density at radius 2 is 1.70 bits per heavy atom. The molecule has 11 nitrogen and oxygen atoms in total. The molecule has 2 aromatic carbocycles. The van der Waals surface area contributed by atoms with E-state index in [2.05, 4.69) is 22.6 Å². The van der Waals surface area contributed by atoms with Gasteiger partial charge in [0.25, 0.3) is 17.7 Å². The molecule has 4 amide bonds. The molecule has 2 atom stereocenters. The number of nitrogens with one attached hydrogen (secondary N) is 3. The Labute approximate surface area is 238 Å². The lowest BCUT2D eigenvalue weighted by molar-refractivity contribution is -0.152. The van der Waals surface area contributed by atoms with Crippen molar-refractivity contribution in [3.8, 4) is 0 Å². The van der Waals surface area contributed by atoms with Crippen molar-refractivity contribution in [3.63, 3.8) is 0 Å². The second-order valence-electron chi connectivity index (χ2n) is 9.77. The Morgan fingerprint density at radius 3 is 2.25 bits per heavy atom. The number of hydrazine groups is 1. The zero-order valence-corrected chi connectivity index (χ0v) is 23.6. The first-order valence-corrected chi connectivity index (χ1v) is 12.8. The SMILES string of the molecule is C=CC(=O)N(CC(=O)OCC)NC(=O)[C@H](NC(=O)[C@@H](NC(=O)c1ccc(N)c(Cl)c1)C(C)(C)C)c1ccccc1. The van der Waals surface area contributed by atoms with E-state index in [1.165, 1.54) is 18.2 Å². The molecular formula is C28H34ClN5O6. The Hall–Kier alpha value is -4.38. The van der Waals surface area contributed by atoms with Crippen molar-refractivity contribution >= 4 is 46.9 Å². The van der Waals surface area contributed by atoms with Crippen LogP contribution >= 0.6 is 11.6 Å². The molecule has 2 aromatic rings. The van der Waals surface area contributed by atoms with Crippen LogP contribution < -0.4 is 21.8 Å². The van der Waals surface area contributed by atoms with E-state index in [-0.39, 0.29) is 17.2 Å². The quantitative estimate of drug-likeness (QED) is 0.147. The van der Waals surface area contributed by atoms with Crippen LogP contribution in [0.4, 0.5) is 5.69 Å². The molecule has 5 N–H and O–H groups in total. The Morgan fingerprint density at radius 1 is 1.05 bits per heavy atom. The molecule has 214 valence electrons. The Kier molecular flexibility index (Phi) is 11.2. The predicted octanol–water partition coefficient (Wildman–Crippen LogP) is 2.53. The van der Waals surface area contributed by atoms with Crippen molar-refractivity contribution in [2.75, 3.05) is 18.9 Å². The number of halogens is 1. The number of ether oxygens (including phenoxy) is 1. The highest BCUT2D eigenvalue weighted by atomic mass is 35.5. The van der Waals surface area contributed by atoms with Gasteiger partial charge in [-0.2, -0.15) is 0 Å². The largest absolute Gasteiger partial charge is 0.465 e. The van der Waals surface area contributed by atoms with Gasteiger partial charge in [0.15, 0.2) is 0 Å². The summed E-state index contributed by atoms with van der Waals surface area (Å²) in [5.41, 5.74) is 8.18. The van der Waals surface area contributed by atoms with E-state index in [9.17, 15) is 24.0 Å². The van der Waals surface area contributed by atoms with Gasteiger partial charge in [-0.25, -0.2) is 5.01 Å². The number of carbonyl (C=O) groups is 5. The second kappa shape index (κ2) is 14.1.